The van der Waals surface area contributed by atoms with Gasteiger partial charge in [-0.05, 0) is 45.1 Å². The molecule has 0 aromatic heterocycles. The average molecular weight is 233 g/mol. The van der Waals surface area contributed by atoms with E-state index in [0.29, 0.717) is 0 Å². The highest BCUT2D eigenvalue weighted by Gasteiger charge is 2.51. The SMILES string of the molecule is [2H]C(C)c1ccc(B2OC(C)(C)C(C)(C)O2)cc1. The lowest BCUT2D eigenvalue weighted by molar-refractivity contribution is 0.00578. The van der Waals surface area contributed by atoms with Crippen LogP contribution < -0.4 is 5.46 Å². The van der Waals surface area contributed by atoms with Crippen molar-refractivity contribution in [2.75, 3.05) is 0 Å². The lowest BCUT2D eigenvalue weighted by Crippen LogP contribution is -2.41. The highest BCUT2D eigenvalue weighted by molar-refractivity contribution is 6.62. The summed E-state index contributed by atoms with van der Waals surface area (Å²) in [6, 6.07) is 7.92. The predicted molar refractivity (Wildman–Crippen MR) is 71.5 cm³/mol. The normalized spacial score (nSPS) is 24.5. The molecule has 1 aliphatic rings. The Hall–Kier alpha value is -0.795. The predicted octanol–water partition coefficient (Wildman–Crippen LogP) is 2.55. The number of aryl methyl sites for hydroxylation is 1. The minimum atomic E-state index is -0.315. The fourth-order valence-corrected chi connectivity index (χ4v) is 1.82. The van der Waals surface area contributed by atoms with E-state index >= 15 is 0 Å². The van der Waals surface area contributed by atoms with Crippen LogP contribution in [-0.2, 0) is 15.7 Å². The summed E-state index contributed by atoms with van der Waals surface area (Å²) in [5.74, 6) is 0. The van der Waals surface area contributed by atoms with Crippen molar-refractivity contribution in [3.8, 4) is 0 Å². The first-order chi connectivity index (χ1) is 8.23. The molecular weight excluding hydrogens is 211 g/mol. The highest BCUT2D eigenvalue weighted by atomic mass is 16.7. The van der Waals surface area contributed by atoms with Crippen molar-refractivity contribution in [1.82, 2.24) is 0 Å². The molecule has 0 N–H and O–H groups in total. The summed E-state index contributed by atoms with van der Waals surface area (Å²) in [5, 5.41) is 0. The summed E-state index contributed by atoms with van der Waals surface area (Å²) >= 11 is 0. The van der Waals surface area contributed by atoms with E-state index in [1.54, 1.807) is 0 Å². The Labute approximate surface area is 106 Å². The molecule has 17 heavy (non-hydrogen) atoms. The largest absolute Gasteiger partial charge is 0.494 e. The molecule has 1 fully saturated rings. The molecule has 3 heteroatoms. The first-order valence-electron chi connectivity index (χ1n) is 6.68. The third kappa shape index (κ3) is 2.27. The molecule has 2 nitrogen and oxygen atoms in total. The van der Waals surface area contributed by atoms with Crippen LogP contribution in [0.3, 0.4) is 0 Å². The van der Waals surface area contributed by atoms with Crippen molar-refractivity contribution >= 4 is 12.6 Å². The van der Waals surface area contributed by atoms with Gasteiger partial charge in [-0.2, -0.15) is 0 Å². The van der Waals surface area contributed by atoms with Gasteiger partial charge in [-0.15, -0.1) is 0 Å². The zero-order chi connectivity index (χ0) is 13.6. The van der Waals surface area contributed by atoms with Crippen LogP contribution in [0.15, 0.2) is 24.3 Å². The van der Waals surface area contributed by atoms with Gasteiger partial charge < -0.3 is 9.31 Å². The number of rotatable bonds is 2. The van der Waals surface area contributed by atoms with Crippen LogP contribution >= 0.6 is 0 Å². The Bertz CT molecular complexity index is 410. The maximum atomic E-state index is 7.66. The Morgan fingerprint density at radius 3 is 1.94 bits per heavy atom. The topological polar surface area (TPSA) is 18.5 Å². The molecule has 0 spiro atoms. The standard InChI is InChI=1S/C14H21BO2/c1-6-11-7-9-12(10-8-11)15-16-13(2,3)14(4,5)17-15/h7-10H,6H2,1-5H3/i6D. The first kappa shape index (κ1) is 11.3. The van der Waals surface area contributed by atoms with Gasteiger partial charge in [0.05, 0.1) is 11.2 Å². The Balaban J connectivity index is 2.19. The van der Waals surface area contributed by atoms with Gasteiger partial charge >= 0.3 is 7.12 Å². The van der Waals surface area contributed by atoms with Gasteiger partial charge in [-0.25, -0.2) is 0 Å². The molecule has 2 rings (SSSR count). The Morgan fingerprint density at radius 1 is 1.06 bits per heavy atom. The van der Waals surface area contributed by atoms with E-state index in [9.17, 15) is 0 Å². The van der Waals surface area contributed by atoms with Crippen LogP contribution in [-0.4, -0.2) is 18.3 Å². The maximum Gasteiger partial charge on any atom is 0.494 e. The Kier molecular flexibility index (Phi) is 2.76. The molecule has 0 saturated carbocycles. The molecule has 1 aliphatic heterocycles. The van der Waals surface area contributed by atoms with Gasteiger partial charge in [0, 0.05) is 1.37 Å². The molecule has 1 aromatic carbocycles. The van der Waals surface area contributed by atoms with E-state index in [0.717, 1.165) is 11.0 Å². The van der Waals surface area contributed by atoms with E-state index in [-0.39, 0.29) is 24.7 Å². The fourth-order valence-electron chi connectivity index (χ4n) is 1.82. The van der Waals surface area contributed by atoms with Crippen molar-refractivity contribution in [2.24, 2.45) is 0 Å². The fraction of sp³-hybridized carbons (Fsp3) is 0.571. The van der Waals surface area contributed by atoms with Crippen molar-refractivity contribution < 1.29 is 10.7 Å². The second-order valence-corrected chi connectivity index (χ2v) is 5.54. The summed E-state index contributed by atoms with van der Waals surface area (Å²) in [6.07, 6.45) is -0.197. The molecule has 1 saturated heterocycles. The minimum Gasteiger partial charge on any atom is -0.399 e. The molecular formula is C14H21BO2. The second-order valence-electron chi connectivity index (χ2n) is 5.54. The zero-order valence-electron chi connectivity index (χ0n) is 12.3. The molecule has 1 aromatic rings. The van der Waals surface area contributed by atoms with E-state index in [1.165, 1.54) is 0 Å². The first-order valence-corrected chi connectivity index (χ1v) is 6.11. The lowest BCUT2D eigenvalue weighted by Gasteiger charge is -2.32. The summed E-state index contributed by atoms with van der Waals surface area (Å²) in [6.45, 7) is 10.1. The van der Waals surface area contributed by atoms with Gasteiger partial charge in [0.15, 0.2) is 0 Å². The number of hydrogen-bond acceptors (Lipinski definition) is 2. The van der Waals surface area contributed by atoms with Crippen LogP contribution in [0.25, 0.3) is 0 Å². The number of hydrogen-bond donors (Lipinski definition) is 0. The molecule has 1 unspecified atom stereocenters. The third-order valence-corrected chi connectivity index (χ3v) is 3.80. The van der Waals surface area contributed by atoms with Crippen molar-refractivity contribution in [1.29, 1.82) is 0 Å². The Morgan fingerprint density at radius 2 is 1.53 bits per heavy atom. The maximum absolute atomic E-state index is 7.66. The highest BCUT2D eigenvalue weighted by Crippen LogP contribution is 2.36. The monoisotopic (exact) mass is 233 g/mol. The van der Waals surface area contributed by atoms with Crippen molar-refractivity contribution in [3.63, 3.8) is 0 Å². The summed E-state index contributed by atoms with van der Waals surface area (Å²) in [5.41, 5.74) is 1.41. The van der Waals surface area contributed by atoms with Crippen LogP contribution in [0, 0.1) is 0 Å². The summed E-state index contributed by atoms with van der Waals surface area (Å²) < 4.78 is 19.6. The van der Waals surface area contributed by atoms with Gasteiger partial charge in [-0.3, -0.25) is 0 Å². The van der Waals surface area contributed by atoms with Gasteiger partial charge in [0.2, 0.25) is 0 Å². The smallest absolute Gasteiger partial charge is 0.399 e. The van der Waals surface area contributed by atoms with Gasteiger partial charge in [-0.1, -0.05) is 31.2 Å². The second kappa shape index (κ2) is 4.15. The van der Waals surface area contributed by atoms with Crippen molar-refractivity contribution in [2.45, 2.75) is 52.2 Å². The molecule has 92 valence electrons. The minimum absolute atomic E-state index is 0.197. The van der Waals surface area contributed by atoms with E-state index < -0.39 is 0 Å². The van der Waals surface area contributed by atoms with E-state index in [1.807, 2.05) is 58.9 Å². The molecule has 1 atom stereocenters. The van der Waals surface area contributed by atoms with Gasteiger partial charge in [0.1, 0.15) is 0 Å². The molecule has 0 amide bonds. The number of benzene rings is 1. The third-order valence-electron chi connectivity index (χ3n) is 3.80. The van der Waals surface area contributed by atoms with Crippen molar-refractivity contribution in [3.05, 3.63) is 29.8 Å². The quantitative estimate of drug-likeness (QED) is 0.731. The van der Waals surface area contributed by atoms with Crippen LogP contribution in [0.5, 0.6) is 0 Å². The lowest BCUT2D eigenvalue weighted by atomic mass is 9.79. The van der Waals surface area contributed by atoms with E-state index in [4.69, 9.17) is 10.7 Å². The molecule has 0 aliphatic carbocycles. The van der Waals surface area contributed by atoms with E-state index in [2.05, 4.69) is 0 Å². The molecule has 1 heterocycles. The van der Waals surface area contributed by atoms with Crippen LogP contribution in [0.1, 0.15) is 41.6 Å². The summed E-state index contributed by atoms with van der Waals surface area (Å²) in [7, 11) is -0.315. The molecule has 0 radical (unpaired) electrons. The van der Waals surface area contributed by atoms with Crippen LogP contribution in [0.2, 0.25) is 0 Å². The average Bonchev–Trinajstić information content (AvgIpc) is 2.48. The molecule has 0 bridgehead atoms. The summed E-state index contributed by atoms with van der Waals surface area (Å²) in [4.78, 5) is 0. The zero-order valence-corrected chi connectivity index (χ0v) is 11.3. The van der Waals surface area contributed by atoms with Crippen LogP contribution in [0.4, 0.5) is 0 Å². The van der Waals surface area contributed by atoms with Gasteiger partial charge in [0.25, 0.3) is 0 Å².